The summed E-state index contributed by atoms with van der Waals surface area (Å²) in [7, 11) is -10.5. The molecule has 0 aliphatic carbocycles. The lowest BCUT2D eigenvalue weighted by atomic mass is 10.1. The number of fused-ring (bicyclic) bond motifs is 4. The van der Waals surface area contributed by atoms with Gasteiger partial charge in [-0.25, -0.2) is 18.7 Å². The van der Waals surface area contributed by atoms with Crippen molar-refractivity contribution in [2.24, 2.45) is 0 Å². The molecular formula is C40H55N12O20P2+. The fraction of sp³-hybridized carbons (Fsp3) is 0.575. The number of nitrogens with zero attached hydrogens (tertiary/aromatic N) is 6. The maximum Gasteiger partial charge on any atom is 0.472 e. The molecule has 4 aliphatic heterocycles. The van der Waals surface area contributed by atoms with Crippen LogP contribution in [0.25, 0.3) is 22.3 Å². The van der Waals surface area contributed by atoms with Crippen LogP contribution in [-0.2, 0) is 70.0 Å². The van der Waals surface area contributed by atoms with Crippen molar-refractivity contribution in [3.05, 3.63) is 57.8 Å². The SMILES string of the molecule is C=C1C=CC(=O)N1CCC(=O)CCCOCCOCCOCCOCCC(=O)N[C@H]1C2OP(=O)(O)OC[C@H]3O[C@@H](n4cnc5c(=O)[nH]c(N)nc54)C(O)[C@H]3OP(=O)(O)OC[C@H]2O[C@H]1[n+]1c[nH]c2c(=O)[nH]c(N)nc21. The maximum absolute atomic E-state index is 13.8. The van der Waals surface area contributed by atoms with Gasteiger partial charge in [0.1, 0.15) is 42.3 Å². The molecule has 0 radical (unpaired) electrons. The van der Waals surface area contributed by atoms with E-state index in [1.165, 1.54) is 21.9 Å². The third kappa shape index (κ3) is 13.2. The number of Topliss-reactive ketones (excluding diaryl/α,β-unsaturated/α-hetero) is 1. The molecule has 0 aromatic carbocycles. The van der Waals surface area contributed by atoms with Gasteiger partial charge in [0.05, 0.1) is 65.8 Å². The van der Waals surface area contributed by atoms with Crippen molar-refractivity contribution < 1.29 is 89.5 Å². The molecule has 2 amide bonds. The molecule has 34 heteroatoms. The lowest BCUT2D eigenvalue weighted by molar-refractivity contribution is -0.740. The van der Waals surface area contributed by atoms with Crippen molar-refractivity contribution in [1.29, 1.82) is 0 Å². The van der Waals surface area contributed by atoms with E-state index >= 15 is 0 Å². The van der Waals surface area contributed by atoms with Crippen molar-refractivity contribution in [1.82, 2.24) is 44.7 Å². The monoisotopic (exact) mass is 1090 g/mol. The van der Waals surface area contributed by atoms with E-state index in [1.807, 2.05) is 0 Å². The first kappa shape index (κ1) is 54.6. The molecule has 3 saturated heterocycles. The molecule has 11 N–H and O–H groups in total. The number of aromatic nitrogens is 8. The fourth-order valence-electron chi connectivity index (χ4n) is 8.29. The Balaban J connectivity index is 0.827. The van der Waals surface area contributed by atoms with E-state index in [1.54, 1.807) is 6.08 Å². The van der Waals surface area contributed by atoms with Gasteiger partial charge in [-0.1, -0.05) is 11.6 Å². The largest absolute Gasteiger partial charge is 0.472 e. The highest BCUT2D eigenvalue weighted by atomic mass is 31.2. The predicted molar refractivity (Wildman–Crippen MR) is 248 cm³/mol. The standard InChI is InChI=1S/C40H54N12O20P2/c1-21-4-5-26(55)50(21)8-6-22(53)3-2-9-63-11-13-65-15-16-66-14-12-64-10-7-25(54)45-27-31-23(69-37(27)51-19-43-28-33(51)46-39(41)48-35(28)57)17-67-74(61,62)72-32-24(18-68-73(59,60)71-31)70-38(30(32)56)52-20-44-29-34(52)47-40(42)49-36(29)58/h4-5,19-20,23-24,27,30-32,37-38,56H,1-3,6-18H2,(H9,41,42,45,46,47,48,49,54,57,58,59,60,61,62)/p+1/t23-,24-,27+,30?,31?,32+,37-,38-/m1/s1. The summed E-state index contributed by atoms with van der Waals surface area (Å²) in [5, 5.41) is 14.1. The first-order valence-electron chi connectivity index (χ1n) is 23.0. The smallest absolute Gasteiger partial charge is 0.386 e. The van der Waals surface area contributed by atoms with Crippen molar-refractivity contribution in [2.75, 3.05) is 84.1 Å². The lowest BCUT2D eigenvalue weighted by Gasteiger charge is -2.29. The lowest BCUT2D eigenvalue weighted by Crippen LogP contribution is -2.54. The average molecular weight is 1090 g/mol. The summed E-state index contributed by atoms with van der Waals surface area (Å²) in [5.41, 5.74) is 10.2. The number of nitrogens with one attached hydrogen (secondary N) is 4. The molecule has 4 aromatic rings. The maximum atomic E-state index is 13.8. The molecule has 8 heterocycles. The number of phosphoric acid groups is 2. The zero-order chi connectivity index (χ0) is 52.7. The minimum absolute atomic E-state index is 0.0272. The van der Waals surface area contributed by atoms with E-state index in [2.05, 4.69) is 41.8 Å². The number of imidazole rings is 2. The summed E-state index contributed by atoms with van der Waals surface area (Å²) < 4.78 is 85.6. The predicted octanol–water partition coefficient (Wildman–Crippen LogP) is -2.40. The number of carbonyl (C=O) groups excluding carboxylic acids is 3. The zero-order valence-corrected chi connectivity index (χ0v) is 41.0. The van der Waals surface area contributed by atoms with Gasteiger partial charge in [-0.2, -0.15) is 4.98 Å². The van der Waals surface area contributed by atoms with E-state index in [9.17, 15) is 48.0 Å². The number of aliphatic hydroxyl groups excluding tert-OH is 1. The summed E-state index contributed by atoms with van der Waals surface area (Å²) >= 11 is 0. The zero-order valence-electron chi connectivity index (χ0n) is 39.3. The summed E-state index contributed by atoms with van der Waals surface area (Å²) in [6.45, 7) is 3.84. The topological polar surface area (TPSA) is 435 Å². The Morgan fingerprint density at radius 1 is 0.838 bits per heavy atom. The van der Waals surface area contributed by atoms with Crippen LogP contribution in [0, 0.1) is 0 Å². The molecule has 0 saturated carbocycles. The molecule has 74 heavy (non-hydrogen) atoms. The quantitative estimate of drug-likeness (QED) is 0.0225. The number of amides is 2. The summed E-state index contributed by atoms with van der Waals surface area (Å²) in [4.78, 5) is 106. The Bertz CT molecular complexity index is 2930. The van der Waals surface area contributed by atoms with Crippen LogP contribution in [0.5, 0.6) is 0 Å². The number of carbonyl (C=O) groups is 3. The Labute approximate surface area is 417 Å². The number of H-pyrrole nitrogens is 3. The molecule has 0 bridgehead atoms. The van der Waals surface area contributed by atoms with Gasteiger partial charge in [-0.3, -0.25) is 61.6 Å². The van der Waals surface area contributed by atoms with Gasteiger partial charge in [0, 0.05) is 44.2 Å². The number of hydrogen-bond donors (Lipinski definition) is 9. The Hall–Kier alpha value is -5.67. The number of nitrogens with two attached hydrogens (primary N) is 2. The Morgan fingerprint density at radius 2 is 1.46 bits per heavy atom. The van der Waals surface area contributed by atoms with Crippen molar-refractivity contribution in [3.63, 3.8) is 0 Å². The molecule has 4 unspecified atom stereocenters. The third-order valence-electron chi connectivity index (χ3n) is 11.8. The third-order valence-corrected chi connectivity index (χ3v) is 13.8. The van der Waals surface area contributed by atoms with E-state index in [0.29, 0.717) is 44.9 Å². The van der Waals surface area contributed by atoms with Crippen LogP contribution in [-0.4, -0.2) is 181 Å². The Kier molecular flexibility index (Phi) is 17.6. The van der Waals surface area contributed by atoms with Crippen LogP contribution >= 0.6 is 15.6 Å². The van der Waals surface area contributed by atoms with Gasteiger partial charge in [-0.05, 0) is 12.5 Å². The molecule has 32 nitrogen and oxygen atoms in total. The van der Waals surface area contributed by atoms with E-state index in [-0.39, 0.29) is 91.8 Å². The van der Waals surface area contributed by atoms with Gasteiger partial charge in [0.2, 0.25) is 23.6 Å². The van der Waals surface area contributed by atoms with Crippen molar-refractivity contribution in [2.45, 2.75) is 74.7 Å². The first-order chi connectivity index (χ1) is 35.4. The van der Waals surface area contributed by atoms with Gasteiger partial charge in [0.15, 0.2) is 23.7 Å². The number of rotatable bonds is 22. The van der Waals surface area contributed by atoms with Gasteiger partial charge in [0.25, 0.3) is 23.0 Å². The highest BCUT2D eigenvalue weighted by Crippen LogP contribution is 2.53. The fourth-order valence-corrected chi connectivity index (χ4v) is 10.2. The van der Waals surface area contributed by atoms with Gasteiger partial charge < -0.3 is 65.0 Å². The minimum Gasteiger partial charge on any atom is -0.386 e. The summed E-state index contributed by atoms with van der Waals surface area (Å²) in [6.07, 6.45) is -5.32. The van der Waals surface area contributed by atoms with Gasteiger partial charge in [-0.15, -0.1) is 0 Å². The Morgan fingerprint density at radius 3 is 2.14 bits per heavy atom. The molecule has 4 aromatic heterocycles. The van der Waals surface area contributed by atoms with Crippen LogP contribution in [0.3, 0.4) is 0 Å². The minimum atomic E-state index is -5.27. The normalized spacial score (nSPS) is 28.4. The highest BCUT2D eigenvalue weighted by Gasteiger charge is 2.55. The number of ether oxygens (including phenoxy) is 6. The highest BCUT2D eigenvalue weighted by molar-refractivity contribution is 7.47. The summed E-state index contributed by atoms with van der Waals surface area (Å²) in [5.74, 6) is -1.44. The number of hydrogen-bond acceptors (Lipinski definition) is 23. The second-order valence-electron chi connectivity index (χ2n) is 16.9. The van der Waals surface area contributed by atoms with Crippen LogP contribution in [0.15, 0.2) is 46.7 Å². The first-order valence-corrected chi connectivity index (χ1v) is 26.0. The number of anilines is 2. The van der Waals surface area contributed by atoms with E-state index < -0.39 is 94.9 Å². The van der Waals surface area contributed by atoms with Crippen LogP contribution in [0.1, 0.15) is 38.1 Å². The number of nitrogen functional groups attached to an aromatic ring is 2. The van der Waals surface area contributed by atoms with Crippen molar-refractivity contribution >= 4 is 67.5 Å². The molecule has 8 rings (SSSR count). The molecule has 10 atom stereocenters. The van der Waals surface area contributed by atoms with Crippen LogP contribution < -0.4 is 32.5 Å². The number of phosphoric ester groups is 2. The number of allylic oxidation sites excluding steroid dienone is 1. The van der Waals surface area contributed by atoms with Gasteiger partial charge >= 0.3 is 21.3 Å². The molecule has 404 valence electrons. The van der Waals surface area contributed by atoms with E-state index in [0.717, 1.165) is 10.9 Å². The molecule has 3 fully saturated rings. The number of ketones is 1. The second-order valence-corrected chi connectivity index (χ2v) is 19.7. The molecule has 4 aliphatic rings. The number of aromatic amines is 3. The van der Waals surface area contributed by atoms with Crippen molar-refractivity contribution in [3.8, 4) is 0 Å². The number of aliphatic hydroxyl groups is 1. The molecular weight excluding hydrogens is 1030 g/mol. The summed E-state index contributed by atoms with van der Waals surface area (Å²) in [6, 6.07) is -1.46. The average Bonchev–Trinajstić information content (AvgIpc) is 4.16. The van der Waals surface area contributed by atoms with Crippen LogP contribution in [0.2, 0.25) is 0 Å². The second kappa shape index (κ2) is 23.9. The molecule has 0 spiro atoms. The van der Waals surface area contributed by atoms with E-state index in [4.69, 9.17) is 58.0 Å². The van der Waals surface area contributed by atoms with Crippen LogP contribution in [0.4, 0.5) is 11.9 Å².